The first-order valence-electron chi connectivity index (χ1n) is 11.1. The molecule has 0 aliphatic rings. The van der Waals surface area contributed by atoms with Crippen LogP contribution in [-0.4, -0.2) is 30.0 Å². The number of nitrogens with one attached hydrogen (secondary N) is 1. The highest BCUT2D eigenvalue weighted by Crippen LogP contribution is 2.37. The van der Waals surface area contributed by atoms with Gasteiger partial charge in [0.1, 0.15) is 6.61 Å². The molecule has 0 spiro atoms. The minimum absolute atomic E-state index is 0.198. The lowest BCUT2D eigenvalue weighted by atomic mass is 10.2. The molecule has 4 rings (SSSR count). The van der Waals surface area contributed by atoms with Crippen LogP contribution in [0.4, 0.5) is 0 Å². The van der Waals surface area contributed by atoms with E-state index >= 15 is 0 Å². The fourth-order valence-electron chi connectivity index (χ4n) is 3.21. The maximum absolute atomic E-state index is 12.3. The number of aromatic nitrogens is 1. The Labute approximate surface area is 237 Å². The van der Waals surface area contributed by atoms with E-state index in [9.17, 15) is 4.79 Å². The smallest absolute Gasteiger partial charge is 0.250 e. The van der Waals surface area contributed by atoms with Crippen LogP contribution >= 0.6 is 50.6 Å². The van der Waals surface area contributed by atoms with Gasteiger partial charge < -0.3 is 9.47 Å². The highest BCUT2D eigenvalue weighted by atomic mass is 79.9. The lowest BCUT2D eigenvalue weighted by Gasteiger charge is -2.13. The van der Waals surface area contributed by atoms with Gasteiger partial charge >= 0.3 is 0 Å². The first kappa shape index (κ1) is 27.2. The summed E-state index contributed by atoms with van der Waals surface area (Å²) in [6.45, 7) is 2.46. The minimum atomic E-state index is -0.228. The summed E-state index contributed by atoms with van der Waals surface area (Å²) in [5.74, 6) is 1.13. The summed E-state index contributed by atoms with van der Waals surface area (Å²) in [5.41, 5.74) is 7.39. The molecule has 190 valence electrons. The maximum Gasteiger partial charge on any atom is 0.250 e. The summed E-state index contributed by atoms with van der Waals surface area (Å²) >= 11 is 12.3. The van der Waals surface area contributed by atoms with Crippen molar-refractivity contribution in [2.75, 3.05) is 12.9 Å². The number of rotatable bonds is 10. The molecule has 0 aliphatic heterocycles. The van der Waals surface area contributed by atoms with Gasteiger partial charge in [-0.3, -0.25) is 4.79 Å². The molecule has 1 heterocycles. The van der Waals surface area contributed by atoms with E-state index in [2.05, 4.69) is 31.4 Å². The Bertz CT molecular complexity index is 1390. The lowest BCUT2D eigenvalue weighted by molar-refractivity contribution is -0.118. The summed E-state index contributed by atoms with van der Waals surface area (Å²) in [7, 11) is 1.58. The van der Waals surface area contributed by atoms with Crippen molar-refractivity contribution in [3.05, 3.63) is 92.2 Å². The van der Waals surface area contributed by atoms with Crippen molar-refractivity contribution in [2.45, 2.75) is 17.9 Å². The predicted octanol–water partition coefficient (Wildman–Crippen LogP) is 7.36. The molecule has 0 saturated heterocycles. The Morgan fingerprint density at radius 3 is 2.68 bits per heavy atom. The molecular weight excluding hydrogens is 594 g/mol. The zero-order valence-corrected chi connectivity index (χ0v) is 24.0. The van der Waals surface area contributed by atoms with Crippen LogP contribution in [0.25, 0.3) is 11.3 Å². The number of thiazole rings is 1. The van der Waals surface area contributed by atoms with Crippen molar-refractivity contribution in [1.82, 2.24) is 10.4 Å². The van der Waals surface area contributed by atoms with E-state index in [1.807, 2.05) is 66.9 Å². The predicted molar refractivity (Wildman–Crippen MR) is 155 cm³/mol. The Balaban J connectivity index is 1.30. The van der Waals surface area contributed by atoms with E-state index in [4.69, 9.17) is 21.1 Å². The number of amides is 1. The quantitative estimate of drug-likeness (QED) is 0.114. The highest BCUT2D eigenvalue weighted by Gasteiger charge is 2.12. The van der Waals surface area contributed by atoms with Gasteiger partial charge in [-0.05, 0) is 58.2 Å². The van der Waals surface area contributed by atoms with Crippen LogP contribution in [0.5, 0.6) is 11.5 Å². The molecule has 10 heteroatoms. The fourth-order valence-corrected chi connectivity index (χ4v) is 5.54. The molecule has 0 atom stereocenters. The normalized spacial score (nSPS) is 11.0. The van der Waals surface area contributed by atoms with Gasteiger partial charge in [0.25, 0.3) is 5.91 Å². The van der Waals surface area contributed by atoms with Crippen LogP contribution in [-0.2, 0) is 11.4 Å². The van der Waals surface area contributed by atoms with Crippen LogP contribution < -0.4 is 14.9 Å². The third-order valence-electron chi connectivity index (χ3n) is 5.11. The number of aryl methyl sites for hydroxylation is 1. The van der Waals surface area contributed by atoms with E-state index < -0.39 is 0 Å². The number of hydrogen-bond acceptors (Lipinski definition) is 7. The average Bonchev–Trinajstić information content (AvgIpc) is 3.37. The highest BCUT2D eigenvalue weighted by molar-refractivity contribution is 9.10. The second-order valence-electron chi connectivity index (χ2n) is 7.90. The summed E-state index contributed by atoms with van der Waals surface area (Å²) in [4.78, 5) is 16.8. The Hall–Kier alpha value is -2.85. The molecule has 6 nitrogen and oxygen atoms in total. The van der Waals surface area contributed by atoms with Crippen molar-refractivity contribution >= 4 is 62.8 Å². The van der Waals surface area contributed by atoms with Gasteiger partial charge in [-0.1, -0.05) is 65.3 Å². The summed E-state index contributed by atoms with van der Waals surface area (Å²) in [5, 5.41) is 6.72. The fraction of sp³-hybridized carbons (Fsp3) is 0.148. The van der Waals surface area contributed by atoms with Gasteiger partial charge in [0.15, 0.2) is 15.8 Å². The molecular formula is C27H23BrClN3O3S2. The summed E-state index contributed by atoms with van der Waals surface area (Å²) < 4.78 is 13.0. The van der Waals surface area contributed by atoms with E-state index in [1.54, 1.807) is 19.4 Å². The van der Waals surface area contributed by atoms with Gasteiger partial charge in [-0.2, -0.15) is 5.10 Å². The maximum atomic E-state index is 12.3. The van der Waals surface area contributed by atoms with Crippen LogP contribution in [0.1, 0.15) is 16.7 Å². The number of carbonyl (C=O) groups excluding carboxylic acids is 1. The van der Waals surface area contributed by atoms with E-state index in [1.165, 1.54) is 28.7 Å². The van der Waals surface area contributed by atoms with Gasteiger partial charge in [0, 0.05) is 16.0 Å². The molecule has 0 saturated carbocycles. The van der Waals surface area contributed by atoms with Crippen molar-refractivity contribution in [1.29, 1.82) is 0 Å². The number of carbonyl (C=O) groups is 1. The molecule has 37 heavy (non-hydrogen) atoms. The molecule has 0 fully saturated rings. The van der Waals surface area contributed by atoms with Crippen molar-refractivity contribution in [3.8, 4) is 22.8 Å². The number of benzene rings is 3. The third kappa shape index (κ3) is 7.82. The largest absolute Gasteiger partial charge is 0.493 e. The summed E-state index contributed by atoms with van der Waals surface area (Å²) in [6, 6.07) is 19.3. The standard InChI is InChI=1S/C27H23BrClN3O3S2/c1-17-3-5-18(6-4-17)14-35-26-22(28)11-19(12-24(26)34-2)13-30-32-25(33)16-37-27-31-23(15-36-27)20-7-9-21(29)10-8-20/h3-13,15H,14,16H2,1-2H3,(H,32,33)/b30-13+. The molecule has 1 aromatic heterocycles. The van der Waals surface area contributed by atoms with Crippen LogP contribution in [0.2, 0.25) is 5.02 Å². The lowest BCUT2D eigenvalue weighted by Crippen LogP contribution is -2.19. The first-order chi connectivity index (χ1) is 17.9. The number of methoxy groups -OCH3 is 1. The Morgan fingerprint density at radius 1 is 1.19 bits per heavy atom. The van der Waals surface area contributed by atoms with Gasteiger partial charge in [-0.25, -0.2) is 10.4 Å². The second-order valence-corrected chi connectivity index (χ2v) is 11.3. The number of ether oxygens (including phenoxy) is 2. The number of hydrogen-bond donors (Lipinski definition) is 1. The van der Waals surface area contributed by atoms with Crippen molar-refractivity contribution in [3.63, 3.8) is 0 Å². The van der Waals surface area contributed by atoms with Crippen LogP contribution in [0, 0.1) is 6.92 Å². The number of hydrazone groups is 1. The van der Waals surface area contributed by atoms with Gasteiger partial charge in [0.05, 0.1) is 29.2 Å². The number of thioether (sulfide) groups is 1. The topological polar surface area (TPSA) is 72.8 Å². The first-order valence-corrected chi connectivity index (χ1v) is 14.2. The SMILES string of the molecule is COc1cc(/C=N/NC(=O)CSc2nc(-c3ccc(Cl)cc3)cs2)cc(Br)c1OCc1ccc(C)cc1. The van der Waals surface area contributed by atoms with Crippen molar-refractivity contribution < 1.29 is 14.3 Å². The molecule has 4 aromatic rings. The average molecular weight is 617 g/mol. The molecule has 1 N–H and O–H groups in total. The molecule has 0 bridgehead atoms. The van der Waals surface area contributed by atoms with Crippen LogP contribution in [0.3, 0.4) is 0 Å². The Kier molecular flexibility index (Phi) is 9.62. The number of halogens is 2. The van der Waals surface area contributed by atoms with Gasteiger partial charge in [0.2, 0.25) is 0 Å². The van der Waals surface area contributed by atoms with Gasteiger partial charge in [-0.15, -0.1) is 11.3 Å². The molecule has 0 unspecified atom stereocenters. The van der Waals surface area contributed by atoms with E-state index in [-0.39, 0.29) is 11.7 Å². The van der Waals surface area contributed by atoms with Crippen LogP contribution in [0.15, 0.2) is 80.0 Å². The van der Waals surface area contributed by atoms with E-state index in [0.29, 0.717) is 23.1 Å². The molecule has 0 radical (unpaired) electrons. The number of nitrogens with zero attached hydrogens (tertiary/aromatic N) is 2. The molecule has 1 amide bonds. The second kappa shape index (κ2) is 13.1. The van der Waals surface area contributed by atoms with Crippen molar-refractivity contribution in [2.24, 2.45) is 5.10 Å². The molecule has 3 aromatic carbocycles. The third-order valence-corrected chi connectivity index (χ3v) is 7.97. The molecule has 0 aliphatic carbocycles. The van der Waals surface area contributed by atoms with E-state index in [0.717, 1.165) is 31.2 Å². The minimum Gasteiger partial charge on any atom is -0.493 e. The Morgan fingerprint density at radius 2 is 1.95 bits per heavy atom. The zero-order valence-electron chi connectivity index (χ0n) is 20.0. The zero-order chi connectivity index (χ0) is 26.2. The monoisotopic (exact) mass is 615 g/mol. The summed E-state index contributed by atoms with van der Waals surface area (Å²) in [6.07, 6.45) is 1.56.